The third-order valence-electron chi connectivity index (χ3n) is 2.94. The van der Waals surface area contributed by atoms with E-state index in [1.54, 1.807) is 27.0 Å². The maximum absolute atomic E-state index is 12.2. The van der Waals surface area contributed by atoms with Crippen LogP contribution in [-0.4, -0.2) is 26.6 Å². The van der Waals surface area contributed by atoms with Crippen molar-refractivity contribution >= 4 is 45.1 Å². The minimum Gasteiger partial charge on any atom is -0.289 e. The summed E-state index contributed by atoms with van der Waals surface area (Å²) >= 11 is 2.51. The van der Waals surface area contributed by atoms with Crippen molar-refractivity contribution in [3.8, 4) is 0 Å². The zero-order valence-corrected chi connectivity index (χ0v) is 14.0. The number of carbonyl (C=O) groups excluding carboxylic acids is 2. The van der Waals surface area contributed by atoms with E-state index in [9.17, 15) is 14.4 Å². The van der Waals surface area contributed by atoms with E-state index in [0.717, 1.165) is 11.8 Å². The molecule has 0 saturated carbocycles. The van der Waals surface area contributed by atoms with Gasteiger partial charge in [0.1, 0.15) is 4.70 Å². The number of hydrazine groups is 1. The van der Waals surface area contributed by atoms with Crippen molar-refractivity contribution in [2.45, 2.75) is 30.7 Å². The number of amides is 2. The lowest BCUT2D eigenvalue weighted by Crippen LogP contribution is -2.44. The molecule has 2 N–H and O–H groups in total. The predicted octanol–water partition coefficient (Wildman–Crippen LogP) is 1.03. The molecule has 2 heterocycles. The molecule has 2 rings (SSSR count). The highest BCUT2D eigenvalue weighted by molar-refractivity contribution is 8.00. The summed E-state index contributed by atoms with van der Waals surface area (Å²) in [7, 11) is 1.63. The Labute approximate surface area is 135 Å². The molecule has 0 radical (unpaired) electrons. The van der Waals surface area contributed by atoms with Gasteiger partial charge in [0.05, 0.1) is 10.8 Å². The third kappa shape index (κ3) is 3.47. The van der Waals surface area contributed by atoms with Crippen LogP contribution in [0.15, 0.2) is 21.4 Å². The van der Waals surface area contributed by atoms with E-state index in [1.165, 1.54) is 15.9 Å². The Morgan fingerprint density at radius 1 is 1.45 bits per heavy atom. The standard InChI is InChI=1S/C13H16N4O3S2/c1-4-9(18)15-16-11(19)7(2)22-13-14-8-5-6-21-10(8)12(20)17(13)3/h5-7H,4H2,1-3H3,(H,15,18)(H,16,19). The number of thioether (sulfide) groups is 1. The fourth-order valence-electron chi connectivity index (χ4n) is 1.61. The lowest BCUT2D eigenvalue weighted by atomic mass is 10.4. The number of nitrogens with zero attached hydrogens (tertiary/aromatic N) is 2. The van der Waals surface area contributed by atoms with Gasteiger partial charge >= 0.3 is 0 Å². The molecule has 0 aliphatic carbocycles. The average molecular weight is 340 g/mol. The summed E-state index contributed by atoms with van der Waals surface area (Å²) in [4.78, 5) is 39.6. The Balaban J connectivity index is 2.13. The highest BCUT2D eigenvalue weighted by Crippen LogP contribution is 2.23. The Morgan fingerprint density at radius 3 is 2.86 bits per heavy atom. The van der Waals surface area contributed by atoms with Crippen molar-refractivity contribution in [2.75, 3.05) is 0 Å². The summed E-state index contributed by atoms with van der Waals surface area (Å²) in [6, 6.07) is 1.78. The Kier molecular flexibility index (Phi) is 5.19. The van der Waals surface area contributed by atoms with Gasteiger partial charge in [-0.3, -0.25) is 29.8 Å². The number of rotatable bonds is 4. The van der Waals surface area contributed by atoms with Gasteiger partial charge in [-0.15, -0.1) is 11.3 Å². The number of thiophene rings is 1. The van der Waals surface area contributed by atoms with E-state index in [2.05, 4.69) is 15.8 Å². The first kappa shape index (κ1) is 16.5. The molecule has 22 heavy (non-hydrogen) atoms. The van der Waals surface area contributed by atoms with Crippen LogP contribution in [0, 0.1) is 0 Å². The molecule has 0 saturated heterocycles. The number of fused-ring (bicyclic) bond motifs is 1. The zero-order valence-electron chi connectivity index (χ0n) is 12.4. The summed E-state index contributed by atoms with van der Waals surface area (Å²) in [5, 5.41) is 1.76. The molecule has 0 aliphatic rings. The fraction of sp³-hybridized carbons (Fsp3) is 0.385. The van der Waals surface area contributed by atoms with E-state index >= 15 is 0 Å². The van der Waals surface area contributed by atoms with Gasteiger partial charge in [-0.25, -0.2) is 4.98 Å². The fourth-order valence-corrected chi connectivity index (χ4v) is 3.29. The predicted molar refractivity (Wildman–Crippen MR) is 86.8 cm³/mol. The monoisotopic (exact) mass is 340 g/mol. The smallest absolute Gasteiger partial charge is 0.271 e. The number of nitrogens with one attached hydrogen (secondary N) is 2. The van der Waals surface area contributed by atoms with Gasteiger partial charge in [0, 0.05) is 13.5 Å². The highest BCUT2D eigenvalue weighted by Gasteiger charge is 2.18. The van der Waals surface area contributed by atoms with Crippen molar-refractivity contribution < 1.29 is 9.59 Å². The largest absolute Gasteiger partial charge is 0.289 e. The van der Waals surface area contributed by atoms with Crippen LogP contribution in [0.25, 0.3) is 10.2 Å². The van der Waals surface area contributed by atoms with Gasteiger partial charge < -0.3 is 0 Å². The van der Waals surface area contributed by atoms with Crippen molar-refractivity contribution in [2.24, 2.45) is 7.05 Å². The van der Waals surface area contributed by atoms with Crippen LogP contribution in [-0.2, 0) is 16.6 Å². The first-order valence-corrected chi connectivity index (χ1v) is 8.39. The molecule has 2 aromatic rings. The molecule has 1 atom stereocenters. The van der Waals surface area contributed by atoms with Crippen molar-refractivity contribution in [3.05, 3.63) is 21.8 Å². The molecular formula is C13H16N4O3S2. The minimum absolute atomic E-state index is 0.130. The molecule has 2 amide bonds. The summed E-state index contributed by atoms with van der Waals surface area (Å²) in [5.41, 5.74) is 5.16. The summed E-state index contributed by atoms with van der Waals surface area (Å²) in [5.74, 6) is -0.623. The number of aromatic nitrogens is 2. The van der Waals surface area contributed by atoms with E-state index in [0.29, 0.717) is 15.4 Å². The second-order valence-electron chi connectivity index (χ2n) is 4.54. The molecule has 118 valence electrons. The molecule has 0 bridgehead atoms. The molecule has 2 aromatic heterocycles. The minimum atomic E-state index is -0.508. The molecule has 1 unspecified atom stereocenters. The first-order chi connectivity index (χ1) is 10.4. The van der Waals surface area contributed by atoms with E-state index in [4.69, 9.17) is 0 Å². The maximum Gasteiger partial charge on any atom is 0.271 e. The van der Waals surface area contributed by atoms with Crippen molar-refractivity contribution in [1.29, 1.82) is 0 Å². The Morgan fingerprint density at radius 2 is 2.18 bits per heavy atom. The SMILES string of the molecule is CCC(=O)NNC(=O)C(C)Sc1nc2ccsc2c(=O)n1C. The molecule has 0 spiro atoms. The second-order valence-corrected chi connectivity index (χ2v) is 6.77. The lowest BCUT2D eigenvalue weighted by molar-refractivity contribution is -0.128. The number of hydrogen-bond donors (Lipinski definition) is 2. The third-order valence-corrected chi connectivity index (χ3v) is 4.98. The van der Waals surface area contributed by atoms with Crippen LogP contribution in [0.1, 0.15) is 20.3 Å². The van der Waals surface area contributed by atoms with Gasteiger partial charge in [0.15, 0.2) is 5.16 Å². The van der Waals surface area contributed by atoms with E-state index < -0.39 is 5.25 Å². The molecule has 9 heteroatoms. The van der Waals surface area contributed by atoms with Gasteiger partial charge in [-0.2, -0.15) is 0 Å². The highest BCUT2D eigenvalue weighted by atomic mass is 32.2. The topological polar surface area (TPSA) is 93.1 Å². The number of carbonyl (C=O) groups is 2. The van der Waals surface area contributed by atoms with Gasteiger partial charge in [0.25, 0.3) is 11.5 Å². The maximum atomic E-state index is 12.2. The van der Waals surface area contributed by atoms with Crippen LogP contribution in [0.4, 0.5) is 0 Å². The summed E-state index contributed by atoms with van der Waals surface area (Å²) in [6.45, 7) is 3.37. The second kappa shape index (κ2) is 6.93. The van der Waals surface area contributed by atoms with Crippen LogP contribution >= 0.6 is 23.1 Å². The van der Waals surface area contributed by atoms with E-state index in [1.807, 2.05) is 5.38 Å². The molecule has 0 aliphatic heterocycles. The molecule has 0 fully saturated rings. The summed E-state index contributed by atoms with van der Waals surface area (Å²) in [6.07, 6.45) is 0.284. The van der Waals surface area contributed by atoms with Crippen LogP contribution < -0.4 is 16.4 Å². The molecular weight excluding hydrogens is 324 g/mol. The average Bonchev–Trinajstić information content (AvgIpc) is 2.97. The van der Waals surface area contributed by atoms with Crippen molar-refractivity contribution in [3.63, 3.8) is 0 Å². The first-order valence-electron chi connectivity index (χ1n) is 6.63. The Hall–Kier alpha value is -1.87. The quantitative estimate of drug-likeness (QED) is 0.493. The normalized spacial score (nSPS) is 12.1. The van der Waals surface area contributed by atoms with E-state index in [-0.39, 0.29) is 23.8 Å². The van der Waals surface area contributed by atoms with Gasteiger partial charge in [0.2, 0.25) is 5.91 Å². The molecule has 7 nitrogen and oxygen atoms in total. The lowest BCUT2D eigenvalue weighted by Gasteiger charge is -2.13. The van der Waals surface area contributed by atoms with Gasteiger partial charge in [-0.1, -0.05) is 18.7 Å². The van der Waals surface area contributed by atoms with Crippen LogP contribution in [0.5, 0.6) is 0 Å². The van der Waals surface area contributed by atoms with Crippen molar-refractivity contribution in [1.82, 2.24) is 20.4 Å². The van der Waals surface area contributed by atoms with Crippen LogP contribution in [0.2, 0.25) is 0 Å². The zero-order chi connectivity index (χ0) is 16.3. The molecule has 0 aromatic carbocycles. The van der Waals surface area contributed by atoms with Gasteiger partial charge in [-0.05, 0) is 18.4 Å². The Bertz CT molecular complexity index is 768. The summed E-state index contributed by atoms with van der Waals surface area (Å²) < 4.78 is 2.02. The van der Waals surface area contributed by atoms with Crippen LogP contribution in [0.3, 0.4) is 0 Å². The number of hydrogen-bond acceptors (Lipinski definition) is 6.